The lowest BCUT2D eigenvalue weighted by Gasteiger charge is -2.31. The van der Waals surface area contributed by atoms with Crippen LogP contribution in [0.5, 0.6) is 0 Å². The van der Waals surface area contributed by atoms with Crippen LogP contribution in [0.1, 0.15) is 62.8 Å². The molecule has 0 aliphatic carbocycles. The predicted octanol–water partition coefficient (Wildman–Crippen LogP) is 6.74. The van der Waals surface area contributed by atoms with E-state index in [1.807, 2.05) is 61.5 Å². The highest BCUT2D eigenvalue weighted by Gasteiger charge is 2.30. The Morgan fingerprint density at radius 3 is 2.08 bits per heavy atom. The zero-order chi connectivity index (χ0) is 26.8. The minimum atomic E-state index is -0.611. The van der Waals surface area contributed by atoms with E-state index < -0.39 is 6.04 Å². The minimum Gasteiger partial charge on any atom is -0.354 e. The first kappa shape index (κ1) is 28.5. The van der Waals surface area contributed by atoms with Crippen molar-refractivity contribution in [1.82, 2.24) is 10.2 Å². The number of hydrogen-bond acceptors (Lipinski definition) is 2. The highest BCUT2D eigenvalue weighted by atomic mass is 35.5. The van der Waals surface area contributed by atoms with Crippen molar-refractivity contribution in [2.45, 2.75) is 71.4 Å². The van der Waals surface area contributed by atoms with Gasteiger partial charge in [0.1, 0.15) is 6.04 Å². The monoisotopic (exact) mass is 518 g/mol. The summed E-state index contributed by atoms with van der Waals surface area (Å²) in [5.41, 5.74) is 4.42. The van der Waals surface area contributed by atoms with Crippen molar-refractivity contribution in [3.05, 3.63) is 106 Å². The van der Waals surface area contributed by atoms with Crippen LogP contribution in [0.25, 0.3) is 0 Å². The van der Waals surface area contributed by atoms with Gasteiger partial charge in [-0.3, -0.25) is 9.59 Å². The maximum absolute atomic E-state index is 13.7. The molecule has 5 heteroatoms. The Labute approximate surface area is 227 Å². The van der Waals surface area contributed by atoms with Crippen LogP contribution in [0.15, 0.2) is 78.9 Å². The number of nitrogens with one attached hydrogen (secondary N) is 1. The molecule has 3 aromatic carbocycles. The molecular formula is C32H39ClN2O2. The quantitative estimate of drug-likeness (QED) is 0.305. The summed E-state index contributed by atoms with van der Waals surface area (Å²) in [5, 5.41) is 3.66. The molecule has 0 radical (unpaired) electrons. The Balaban J connectivity index is 1.85. The third kappa shape index (κ3) is 8.75. The fourth-order valence-electron chi connectivity index (χ4n) is 4.27. The summed E-state index contributed by atoms with van der Waals surface area (Å²) in [5.74, 6) is -0.162. The maximum Gasteiger partial charge on any atom is 0.243 e. The second kappa shape index (κ2) is 13.4. The van der Waals surface area contributed by atoms with Gasteiger partial charge in [0.15, 0.2) is 0 Å². The second-order valence-electron chi connectivity index (χ2n) is 10.6. The Morgan fingerprint density at radius 1 is 0.865 bits per heavy atom. The van der Waals surface area contributed by atoms with E-state index in [2.05, 4.69) is 50.4 Å². The third-order valence-electron chi connectivity index (χ3n) is 6.53. The van der Waals surface area contributed by atoms with E-state index in [1.165, 1.54) is 5.56 Å². The molecule has 0 unspecified atom stereocenters. The first-order valence-corrected chi connectivity index (χ1v) is 13.5. The Morgan fingerprint density at radius 2 is 1.49 bits per heavy atom. The molecule has 0 spiro atoms. The molecule has 0 aromatic heterocycles. The molecule has 3 aromatic rings. The van der Waals surface area contributed by atoms with Crippen molar-refractivity contribution in [3.63, 3.8) is 0 Å². The molecule has 3 rings (SSSR count). The van der Waals surface area contributed by atoms with Gasteiger partial charge in [0.2, 0.25) is 11.8 Å². The highest BCUT2D eigenvalue weighted by Crippen LogP contribution is 2.23. The van der Waals surface area contributed by atoms with E-state index in [9.17, 15) is 9.59 Å². The highest BCUT2D eigenvalue weighted by molar-refractivity contribution is 6.30. The van der Waals surface area contributed by atoms with Gasteiger partial charge in [-0.1, -0.05) is 106 Å². The van der Waals surface area contributed by atoms with Gasteiger partial charge < -0.3 is 10.2 Å². The number of carbonyl (C=O) groups is 2. The molecule has 4 nitrogen and oxygen atoms in total. The summed E-state index contributed by atoms with van der Waals surface area (Å²) in [6.07, 6.45) is 2.24. The molecule has 2 amide bonds. The largest absolute Gasteiger partial charge is 0.354 e. The van der Waals surface area contributed by atoms with Crippen molar-refractivity contribution in [2.75, 3.05) is 6.54 Å². The normalized spacial score (nSPS) is 12.1. The maximum atomic E-state index is 13.7. The van der Waals surface area contributed by atoms with Crippen LogP contribution in [0.3, 0.4) is 0 Å². The van der Waals surface area contributed by atoms with Gasteiger partial charge in [-0.25, -0.2) is 0 Å². The van der Waals surface area contributed by atoms with Gasteiger partial charge >= 0.3 is 0 Å². The Bertz CT molecular complexity index is 1140. The van der Waals surface area contributed by atoms with Gasteiger partial charge in [0.25, 0.3) is 0 Å². The Kier molecular flexibility index (Phi) is 10.3. The SMILES string of the molecule is CCCNC(=O)[C@H](Cc1ccccc1)N(Cc1ccc(Cl)cc1)C(=O)CCc1ccc(C(C)(C)C)cc1. The molecule has 37 heavy (non-hydrogen) atoms. The van der Waals surface area contributed by atoms with Crippen LogP contribution >= 0.6 is 11.6 Å². The molecule has 0 heterocycles. The Hall–Kier alpha value is -3.11. The van der Waals surface area contributed by atoms with Gasteiger partial charge in [0, 0.05) is 31.0 Å². The summed E-state index contributed by atoms with van der Waals surface area (Å²) in [4.78, 5) is 28.9. The van der Waals surface area contributed by atoms with Crippen molar-refractivity contribution >= 4 is 23.4 Å². The lowest BCUT2D eigenvalue weighted by Crippen LogP contribution is -2.50. The number of carbonyl (C=O) groups excluding carboxylic acids is 2. The van der Waals surface area contributed by atoms with Crippen molar-refractivity contribution < 1.29 is 9.59 Å². The summed E-state index contributed by atoms with van der Waals surface area (Å²) in [7, 11) is 0. The minimum absolute atomic E-state index is 0.0394. The van der Waals surface area contributed by atoms with E-state index >= 15 is 0 Å². The number of rotatable bonds is 11. The van der Waals surface area contributed by atoms with Crippen LogP contribution < -0.4 is 5.32 Å². The van der Waals surface area contributed by atoms with E-state index in [4.69, 9.17) is 11.6 Å². The van der Waals surface area contributed by atoms with Crippen molar-refractivity contribution in [2.24, 2.45) is 0 Å². The lowest BCUT2D eigenvalue weighted by molar-refractivity contribution is -0.141. The third-order valence-corrected chi connectivity index (χ3v) is 6.79. The van der Waals surface area contributed by atoms with Gasteiger partial charge in [-0.2, -0.15) is 0 Å². The van der Waals surface area contributed by atoms with Gasteiger partial charge in [-0.05, 0) is 52.6 Å². The zero-order valence-corrected chi connectivity index (χ0v) is 23.2. The summed E-state index contributed by atoms with van der Waals surface area (Å²) < 4.78 is 0. The van der Waals surface area contributed by atoms with Gasteiger partial charge in [0.05, 0.1) is 0 Å². The van der Waals surface area contributed by atoms with E-state index in [-0.39, 0.29) is 17.2 Å². The van der Waals surface area contributed by atoms with Crippen LogP contribution in [-0.4, -0.2) is 29.3 Å². The molecule has 0 saturated heterocycles. The van der Waals surface area contributed by atoms with Crippen molar-refractivity contribution in [3.8, 4) is 0 Å². The predicted molar refractivity (Wildman–Crippen MR) is 153 cm³/mol. The fraction of sp³-hybridized carbons (Fsp3) is 0.375. The molecule has 1 atom stereocenters. The molecular weight excluding hydrogens is 480 g/mol. The number of aryl methyl sites for hydroxylation is 1. The summed E-state index contributed by atoms with van der Waals surface area (Å²) >= 11 is 6.10. The lowest BCUT2D eigenvalue weighted by atomic mass is 9.86. The summed E-state index contributed by atoms with van der Waals surface area (Å²) in [6.45, 7) is 9.52. The van der Waals surface area contributed by atoms with Crippen LogP contribution in [-0.2, 0) is 34.4 Å². The molecule has 0 saturated carbocycles. The molecule has 196 valence electrons. The van der Waals surface area contributed by atoms with Crippen LogP contribution in [0.4, 0.5) is 0 Å². The first-order chi connectivity index (χ1) is 17.7. The standard InChI is InChI=1S/C32H39ClN2O2/c1-5-21-34-31(37)29(22-25-9-7-6-8-10-25)35(23-26-13-18-28(33)19-14-26)30(36)20-15-24-11-16-27(17-12-24)32(2,3)4/h6-14,16-19,29H,5,15,20-23H2,1-4H3,(H,34,37)/t29-/m0/s1. The average molecular weight is 519 g/mol. The average Bonchev–Trinajstić information content (AvgIpc) is 2.89. The number of nitrogens with zero attached hydrogens (tertiary/aromatic N) is 1. The summed E-state index contributed by atoms with van der Waals surface area (Å²) in [6, 6.07) is 25.2. The van der Waals surface area contributed by atoms with E-state index in [1.54, 1.807) is 4.90 Å². The first-order valence-electron chi connectivity index (χ1n) is 13.1. The number of amides is 2. The van der Waals surface area contributed by atoms with Crippen LogP contribution in [0, 0.1) is 0 Å². The van der Waals surface area contributed by atoms with E-state index in [0.717, 1.165) is 23.1 Å². The fourth-order valence-corrected chi connectivity index (χ4v) is 4.40. The zero-order valence-electron chi connectivity index (χ0n) is 22.5. The molecule has 0 aliphatic heterocycles. The molecule has 0 fully saturated rings. The molecule has 1 N–H and O–H groups in total. The smallest absolute Gasteiger partial charge is 0.243 e. The number of benzene rings is 3. The topological polar surface area (TPSA) is 49.4 Å². The van der Waals surface area contributed by atoms with Gasteiger partial charge in [-0.15, -0.1) is 0 Å². The van der Waals surface area contributed by atoms with Crippen molar-refractivity contribution in [1.29, 1.82) is 0 Å². The second-order valence-corrected chi connectivity index (χ2v) is 11.0. The van der Waals surface area contributed by atoms with Crippen LogP contribution in [0.2, 0.25) is 5.02 Å². The number of halogens is 1. The molecule has 0 aliphatic rings. The number of hydrogen-bond donors (Lipinski definition) is 1. The molecule has 0 bridgehead atoms. The van der Waals surface area contributed by atoms with E-state index in [0.29, 0.717) is 37.4 Å².